The van der Waals surface area contributed by atoms with Gasteiger partial charge < -0.3 is 19.5 Å². The van der Waals surface area contributed by atoms with Crippen molar-refractivity contribution in [3.05, 3.63) is 0 Å². The highest BCUT2D eigenvalue weighted by molar-refractivity contribution is 5.67. The van der Waals surface area contributed by atoms with Crippen LogP contribution in [0.4, 0.5) is 4.79 Å². The zero-order valence-corrected chi connectivity index (χ0v) is 15.2. The molecule has 0 aromatic heterocycles. The van der Waals surface area contributed by atoms with Gasteiger partial charge in [0.15, 0.2) is 6.29 Å². The second-order valence-corrected chi connectivity index (χ2v) is 5.88. The molecule has 3 unspecified atom stereocenters. The molecule has 0 heterocycles. The topological polar surface area (TPSA) is 56.8 Å². The van der Waals surface area contributed by atoms with Gasteiger partial charge in [0.1, 0.15) is 0 Å². The highest BCUT2D eigenvalue weighted by Crippen LogP contribution is 2.23. The summed E-state index contributed by atoms with van der Waals surface area (Å²) in [7, 11) is 0. The predicted molar refractivity (Wildman–Crippen MR) is 88.8 cm³/mol. The molecule has 22 heavy (non-hydrogen) atoms. The first-order valence-electron chi connectivity index (χ1n) is 8.59. The Hall–Kier alpha value is -0.810. The molecule has 0 bridgehead atoms. The van der Waals surface area contributed by atoms with E-state index in [0.29, 0.717) is 50.5 Å². The third-order valence-electron chi connectivity index (χ3n) is 4.27. The second kappa shape index (κ2) is 12.7. The average molecular weight is 317 g/mol. The van der Waals surface area contributed by atoms with Crippen LogP contribution in [-0.4, -0.2) is 38.7 Å². The van der Waals surface area contributed by atoms with E-state index in [1.165, 1.54) is 0 Å². The molecular formula is C17H35NO4. The fraction of sp³-hybridized carbons (Fsp3) is 0.941. The van der Waals surface area contributed by atoms with E-state index in [4.69, 9.17) is 14.2 Å². The number of carbonyl (C=O) groups excluding carboxylic acids is 1. The van der Waals surface area contributed by atoms with Crippen LogP contribution in [0.1, 0.15) is 54.4 Å². The van der Waals surface area contributed by atoms with E-state index in [2.05, 4.69) is 33.0 Å². The average Bonchev–Trinajstić information content (AvgIpc) is 2.51. The Morgan fingerprint density at radius 1 is 1.00 bits per heavy atom. The van der Waals surface area contributed by atoms with E-state index in [9.17, 15) is 4.79 Å². The van der Waals surface area contributed by atoms with Crippen molar-refractivity contribution in [2.24, 2.45) is 17.8 Å². The van der Waals surface area contributed by atoms with E-state index in [-0.39, 0.29) is 12.4 Å². The molecule has 1 N–H and O–H groups in total. The molecule has 0 spiro atoms. The number of alkyl carbamates (subject to hydrolysis) is 1. The van der Waals surface area contributed by atoms with Crippen molar-refractivity contribution in [2.45, 2.75) is 60.7 Å². The van der Waals surface area contributed by atoms with Gasteiger partial charge in [0.2, 0.25) is 0 Å². The van der Waals surface area contributed by atoms with Crippen LogP contribution in [0.15, 0.2) is 0 Å². The van der Waals surface area contributed by atoms with Crippen LogP contribution in [0.3, 0.4) is 0 Å². The Morgan fingerprint density at radius 2 is 1.59 bits per heavy atom. The Morgan fingerprint density at radius 3 is 2.09 bits per heavy atom. The molecule has 0 aromatic carbocycles. The van der Waals surface area contributed by atoms with Crippen molar-refractivity contribution in [3.63, 3.8) is 0 Å². The molecule has 3 atom stereocenters. The zero-order valence-electron chi connectivity index (χ0n) is 15.2. The Kier molecular flexibility index (Phi) is 12.2. The third-order valence-corrected chi connectivity index (χ3v) is 4.27. The van der Waals surface area contributed by atoms with Crippen molar-refractivity contribution in [1.82, 2.24) is 5.32 Å². The summed E-state index contributed by atoms with van der Waals surface area (Å²) in [6.07, 6.45) is 1.14. The van der Waals surface area contributed by atoms with Crippen LogP contribution < -0.4 is 5.32 Å². The van der Waals surface area contributed by atoms with Gasteiger partial charge in [-0.05, 0) is 31.6 Å². The number of amides is 1. The first kappa shape index (κ1) is 21.2. The summed E-state index contributed by atoms with van der Waals surface area (Å²) in [6, 6.07) is 0. The minimum Gasteiger partial charge on any atom is -0.449 e. The highest BCUT2D eigenvalue weighted by Gasteiger charge is 2.19. The summed E-state index contributed by atoms with van der Waals surface area (Å²) in [5, 5.41) is 2.75. The van der Waals surface area contributed by atoms with Crippen molar-refractivity contribution in [3.8, 4) is 0 Å². The largest absolute Gasteiger partial charge is 0.449 e. The van der Waals surface area contributed by atoms with E-state index < -0.39 is 0 Å². The quantitative estimate of drug-likeness (QED) is 0.556. The lowest BCUT2D eigenvalue weighted by Gasteiger charge is -2.25. The fourth-order valence-corrected chi connectivity index (χ4v) is 2.22. The van der Waals surface area contributed by atoms with Gasteiger partial charge in [0.25, 0.3) is 0 Å². The summed E-state index contributed by atoms with van der Waals surface area (Å²) >= 11 is 0. The van der Waals surface area contributed by atoms with Gasteiger partial charge in [-0.3, -0.25) is 0 Å². The molecule has 0 aliphatic carbocycles. The number of ether oxygens (including phenoxy) is 3. The lowest BCUT2D eigenvalue weighted by molar-refractivity contribution is -0.138. The van der Waals surface area contributed by atoms with E-state index >= 15 is 0 Å². The monoisotopic (exact) mass is 317 g/mol. The summed E-state index contributed by atoms with van der Waals surface area (Å²) < 4.78 is 16.1. The van der Waals surface area contributed by atoms with Crippen LogP contribution in [-0.2, 0) is 14.2 Å². The normalized spacial score (nSPS) is 15.4. The first-order chi connectivity index (χ1) is 10.5. The molecule has 5 nitrogen and oxygen atoms in total. The summed E-state index contributed by atoms with van der Waals surface area (Å²) in [5.74, 6) is 1.54. The lowest BCUT2D eigenvalue weighted by Crippen LogP contribution is -2.31. The molecule has 0 aliphatic rings. The SMILES string of the molecule is CCOC(CCNC(=O)OCC(C)C(C)C(C)CC)OCC. The number of carbonyl (C=O) groups is 1. The molecule has 0 rings (SSSR count). The molecule has 0 radical (unpaired) electrons. The molecular weight excluding hydrogens is 282 g/mol. The standard InChI is InChI=1S/C17H35NO4/c1-7-13(4)15(6)14(5)12-22-17(19)18-11-10-16(20-8-2)21-9-3/h13-16H,7-12H2,1-6H3,(H,18,19). The van der Waals surface area contributed by atoms with E-state index in [1.807, 2.05) is 13.8 Å². The molecule has 132 valence electrons. The van der Waals surface area contributed by atoms with Crippen LogP contribution in [0.2, 0.25) is 0 Å². The summed E-state index contributed by atoms with van der Waals surface area (Å²) in [4.78, 5) is 11.7. The molecule has 0 fully saturated rings. The second-order valence-electron chi connectivity index (χ2n) is 5.88. The maximum Gasteiger partial charge on any atom is 0.407 e. The van der Waals surface area contributed by atoms with Gasteiger partial charge in [0, 0.05) is 26.2 Å². The molecule has 1 amide bonds. The molecule has 0 aliphatic heterocycles. The van der Waals surface area contributed by atoms with Crippen molar-refractivity contribution < 1.29 is 19.0 Å². The summed E-state index contributed by atoms with van der Waals surface area (Å²) in [6.45, 7) is 14.8. The number of hydrogen-bond donors (Lipinski definition) is 1. The third kappa shape index (κ3) is 9.26. The fourth-order valence-electron chi connectivity index (χ4n) is 2.22. The first-order valence-corrected chi connectivity index (χ1v) is 8.59. The van der Waals surface area contributed by atoms with Crippen LogP contribution in [0, 0.1) is 17.8 Å². The van der Waals surface area contributed by atoms with Gasteiger partial charge >= 0.3 is 6.09 Å². The molecule has 0 saturated carbocycles. The van der Waals surface area contributed by atoms with Crippen molar-refractivity contribution >= 4 is 6.09 Å². The van der Waals surface area contributed by atoms with Gasteiger partial charge in [-0.25, -0.2) is 4.79 Å². The molecule has 0 aromatic rings. The van der Waals surface area contributed by atoms with Gasteiger partial charge in [-0.15, -0.1) is 0 Å². The lowest BCUT2D eigenvalue weighted by atomic mass is 9.84. The summed E-state index contributed by atoms with van der Waals surface area (Å²) in [5.41, 5.74) is 0. The maximum atomic E-state index is 11.7. The Bertz CT molecular complexity index is 280. The molecule has 0 saturated heterocycles. The Balaban J connectivity index is 3.89. The number of rotatable bonds is 12. The van der Waals surface area contributed by atoms with Crippen LogP contribution >= 0.6 is 0 Å². The highest BCUT2D eigenvalue weighted by atomic mass is 16.7. The minimum atomic E-state index is -0.366. The minimum absolute atomic E-state index is 0.264. The van der Waals surface area contributed by atoms with Crippen molar-refractivity contribution in [1.29, 1.82) is 0 Å². The van der Waals surface area contributed by atoms with Crippen LogP contribution in [0.5, 0.6) is 0 Å². The van der Waals surface area contributed by atoms with E-state index in [1.54, 1.807) is 0 Å². The number of nitrogens with one attached hydrogen (secondary N) is 1. The van der Waals surface area contributed by atoms with Crippen LogP contribution in [0.25, 0.3) is 0 Å². The molecule has 5 heteroatoms. The Labute approximate surface area is 136 Å². The van der Waals surface area contributed by atoms with Gasteiger partial charge in [0.05, 0.1) is 6.61 Å². The zero-order chi connectivity index (χ0) is 17.0. The van der Waals surface area contributed by atoms with Gasteiger partial charge in [-0.1, -0.05) is 34.1 Å². The van der Waals surface area contributed by atoms with Gasteiger partial charge in [-0.2, -0.15) is 0 Å². The predicted octanol–water partition coefficient (Wildman–Crippen LogP) is 3.82. The maximum absolute atomic E-state index is 11.7. The number of hydrogen-bond acceptors (Lipinski definition) is 4. The smallest absolute Gasteiger partial charge is 0.407 e. The van der Waals surface area contributed by atoms with E-state index in [0.717, 1.165) is 6.42 Å². The van der Waals surface area contributed by atoms with Crippen molar-refractivity contribution in [2.75, 3.05) is 26.4 Å².